The van der Waals surface area contributed by atoms with Gasteiger partial charge in [0, 0.05) is 12.1 Å². The number of nitrogens with zero attached hydrogens (tertiary/aromatic N) is 1. The van der Waals surface area contributed by atoms with Gasteiger partial charge < -0.3 is 21.1 Å². The Kier molecular flexibility index (Phi) is 5.55. The summed E-state index contributed by atoms with van der Waals surface area (Å²) in [6.45, 7) is 5.57. The average molecular weight is 330 g/mol. The molecule has 0 bridgehead atoms. The van der Waals surface area contributed by atoms with Crippen molar-refractivity contribution < 1.29 is 9.53 Å². The van der Waals surface area contributed by atoms with Crippen molar-refractivity contribution >= 4 is 17.5 Å². The van der Waals surface area contributed by atoms with Crippen LogP contribution in [0.15, 0.2) is 18.2 Å². The highest BCUT2D eigenvalue weighted by Gasteiger charge is 2.24. The molecule has 1 aliphatic rings. The first-order valence-electron chi connectivity index (χ1n) is 8.32. The van der Waals surface area contributed by atoms with Gasteiger partial charge in [-0.05, 0) is 64.7 Å². The van der Waals surface area contributed by atoms with Gasteiger partial charge in [0.15, 0.2) is 0 Å². The zero-order valence-corrected chi connectivity index (χ0v) is 14.6. The lowest BCUT2D eigenvalue weighted by Gasteiger charge is -2.31. The molecule has 0 atom stereocenters. The molecule has 0 aliphatic heterocycles. The molecule has 0 radical (unpaired) electrons. The molecule has 130 valence electrons. The second-order valence-corrected chi connectivity index (χ2v) is 7.25. The molecule has 1 fully saturated rings. The van der Waals surface area contributed by atoms with Crippen LogP contribution in [0.4, 0.5) is 16.2 Å². The molecule has 6 nitrogen and oxygen atoms in total. The fourth-order valence-corrected chi connectivity index (χ4v) is 2.84. The highest BCUT2D eigenvalue weighted by atomic mass is 16.6. The molecule has 0 aromatic heterocycles. The number of hydrogen-bond acceptors (Lipinski definition) is 5. The van der Waals surface area contributed by atoms with E-state index in [0.29, 0.717) is 17.3 Å². The normalized spacial score (nSPS) is 20.8. The van der Waals surface area contributed by atoms with Crippen molar-refractivity contribution in [2.24, 2.45) is 0 Å². The summed E-state index contributed by atoms with van der Waals surface area (Å²) < 4.78 is 5.29. The van der Waals surface area contributed by atoms with E-state index in [0.717, 1.165) is 31.4 Å². The number of nitrogens with two attached hydrogens (primary N) is 1. The number of nitrogens with one attached hydrogen (secondary N) is 2. The summed E-state index contributed by atoms with van der Waals surface area (Å²) in [4.78, 5) is 11.8. The fraction of sp³-hybridized carbons (Fsp3) is 0.556. The molecular weight excluding hydrogens is 304 g/mol. The summed E-state index contributed by atoms with van der Waals surface area (Å²) in [6, 6.07) is 7.83. The van der Waals surface area contributed by atoms with Crippen molar-refractivity contribution in [1.29, 1.82) is 5.26 Å². The van der Waals surface area contributed by atoms with Crippen molar-refractivity contribution in [3.8, 4) is 6.07 Å². The maximum absolute atomic E-state index is 11.8. The van der Waals surface area contributed by atoms with Crippen molar-refractivity contribution in [2.45, 2.75) is 64.1 Å². The molecular formula is C18H26N4O2. The highest BCUT2D eigenvalue weighted by molar-refractivity contribution is 5.69. The second kappa shape index (κ2) is 7.43. The van der Waals surface area contributed by atoms with Gasteiger partial charge in [-0.2, -0.15) is 5.26 Å². The third-order valence-corrected chi connectivity index (χ3v) is 3.99. The Balaban J connectivity index is 1.81. The van der Waals surface area contributed by atoms with Crippen LogP contribution in [0.25, 0.3) is 0 Å². The monoisotopic (exact) mass is 330 g/mol. The van der Waals surface area contributed by atoms with Crippen LogP contribution >= 0.6 is 0 Å². The Morgan fingerprint density at radius 1 is 1.25 bits per heavy atom. The zero-order chi connectivity index (χ0) is 17.7. The number of ether oxygens (including phenoxy) is 1. The van der Waals surface area contributed by atoms with E-state index in [1.165, 1.54) is 0 Å². The number of hydrogen-bond donors (Lipinski definition) is 3. The summed E-state index contributed by atoms with van der Waals surface area (Å²) in [5, 5.41) is 15.2. The topological polar surface area (TPSA) is 100 Å². The standard InChI is InChI=1S/C18H26N4O2/c1-18(2,3)24-17(23)22-14-7-5-13(6-8-14)21-16-9-4-12(11-19)10-15(16)20/h4,9-10,13-14,21H,5-8,20H2,1-3H3,(H,22,23)/t13-,14-. The number of carbonyl (C=O) groups is 1. The minimum Gasteiger partial charge on any atom is -0.444 e. The average Bonchev–Trinajstić information content (AvgIpc) is 2.49. The number of carbonyl (C=O) groups excluding carboxylic acids is 1. The van der Waals surface area contributed by atoms with Gasteiger partial charge >= 0.3 is 6.09 Å². The minimum atomic E-state index is -0.476. The molecule has 1 saturated carbocycles. The lowest BCUT2D eigenvalue weighted by Crippen LogP contribution is -2.42. The van der Waals surface area contributed by atoms with Crippen LogP contribution in [0, 0.1) is 11.3 Å². The van der Waals surface area contributed by atoms with Crippen LogP contribution in [0.3, 0.4) is 0 Å². The number of alkyl carbamates (subject to hydrolysis) is 1. The van der Waals surface area contributed by atoms with Crippen molar-refractivity contribution in [3.05, 3.63) is 23.8 Å². The maximum atomic E-state index is 11.8. The van der Waals surface area contributed by atoms with E-state index in [-0.39, 0.29) is 12.1 Å². The molecule has 6 heteroatoms. The van der Waals surface area contributed by atoms with E-state index in [9.17, 15) is 4.79 Å². The molecule has 24 heavy (non-hydrogen) atoms. The molecule has 1 aromatic carbocycles. The quantitative estimate of drug-likeness (QED) is 0.738. The summed E-state index contributed by atoms with van der Waals surface area (Å²) in [5.41, 5.74) is 7.51. The molecule has 2 rings (SSSR count). The number of benzene rings is 1. The predicted molar refractivity (Wildman–Crippen MR) is 94.6 cm³/mol. The van der Waals surface area contributed by atoms with Gasteiger partial charge in [-0.25, -0.2) is 4.79 Å². The molecule has 0 unspecified atom stereocenters. The van der Waals surface area contributed by atoms with Gasteiger partial charge in [-0.1, -0.05) is 0 Å². The Morgan fingerprint density at radius 2 is 1.88 bits per heavy atom. The smallest absolute Gasteiger partial charge is 0.407 e. The van der Waals surface area contributed by atoms with E-state index in [1.807, 2.05) is 26.8 Å². The Labute approximate surface area is 143 Å². The van der Waals surface area contributed by atoms with Crippen LogP contribution in [0.2, 0.25) is 0 Å². The van der Waals surface area contributed by atoms with Crippen LogP contribution in [-0.4, -0.2) is 23.8 Å². The molecule has 1 aromatic rings. The van der Waals surface area contributed by atoms with Crippen LogP contribution < -0.4 is 16.4 Å². The van der Waals surface area contributed by atoms with E-state index in [4.69, 9.17) is 15.7 Å². The van der Waals surface area contributed by atoms with Crippen LogP contribution in [0.5, 0.6) is 0 Å². The Morgan fingerprint density at radius 3 is 2.42 bits per heavy atom. The van der Waals surface area contributed by atoms with Gasteiger partial charge in [-0.15, -0.1) is 0 Å². The van der Waals surface area contributed by atoms with Gasteiger partial charge in [0.1, 0.15) is 5.60 Å². The molecule has 0 saturated heterocycles. The molecule has 0 heterocycles. The summed E-state index contributed by atoms with van der Waals surface area (Å²) in [5.74, 6) is 0. The fourth-order valence-electron chi connectivity index (χ4n) is 2.84. The molecule has 0 spiro atoms. The molecule has 1 aliphatic carbocycles. The van der Waals surface area contributed by atoms with Crippen LogP contribution in [0.1, 0.15) is 52.0 Å². The summed E-state index contributed by atoms with van der Waals surface area (Å²) in [6.07, 6.45) is 3.33. The largest absolute Gasteiger partial charge is 0.444 e. The Hall–Kier alpha value is -2.42. The zero-order valence-electron chi connectivity index (χ0n) is 14.6. The van der Waals surface area contributed by atoms with Crippen molar-refractivity contribution in [2.75, 3.05) is 11.1 Å². The first-order valence-corrected chi connectivity index (χ1v) is 8.32. The predicted octanol–water partition coefficient (Wildman–Crippen LogP) is 3.39. The third-order valence-electron chi connectivity index (χ3n) is 3.99. The minimum absolute atomic E-state index is 0.149. The number of rotatable bonds is 3. The lowest BCUT2D eigenvalue weighted by atomic mass is 9.91. The molecule has 1 amide bonds. The summed E-state index contributed by atoms with van der Waals surface area (Å²) >= 11 is 0. The lowest BCUT2D eigenvalue weighted by molar-refractivity contribution is 0.0492. The van der Waals surface area contributed by atoms with Gasteiger partial charge in [0.05, 0.1) is 23.0 Å². The van der Waals surface area contributed by atoms with E-state index >= 15 is 0 Å². The van der Waals surface area contributed by atoms with Gasteiger partial charge in [0.2, 0.25) is 0 Å². The van der Waals surface area contributed by atoms with E-state index in [2.05, 4.69) is 16.7 Å². The van der Waals surface area contributed by atoms with E-state index in [1.54, 1.807) is 12.1 Å². The third kappa shape index (κ3) is 5.34. The van der Waals surface area contributed by atoms with Crippen molar-refractivity contribution in [1.82, 2.24) is 5.32 Å². The van der Waals surface area contributed by atoms with Gasteiger partial charge in [-0.3, -0.25) is 0 Å². The molecule has 4 N–H and O–H groups in total. The highest BCUT2D eigenvalue weighted by Crippen LogP contribution is 2.26. The van der Waals surface area contributed by atoms with Crippen LogP contribution in [-0.2, 0) is 4.74 Å². The maximum Gasteiger partial charge on any atom is 0.407 e. The Bertz CT molecular complexity index is 623. The van der Waals surface area contributed by atoms with Gasteiger partial charge in [0.25, 0.3) is 0 Å². The number of amides is 1. The first kappa shape index (κ1) is 17.9. The number of anilines is 2. The number of nitrogen functional groups attached to an aromatic ring is 1. The summed E-state index contributed by atoms with van der Waals surface area (Å²) in [7, 11) is 0. The first-order chi connectivity index (χ1) is 11.3. The second-order valence-electron chi connectivity index (χ2n) is 7.25. The number of nitriles is 1. The SMILES string of the molecule is CC(C)(C)OC(=O)N[C@H]1CC[C@H](Nc2ccc(C#N)cc2N)CC1. The van der Waals surface area contributed by atoms with E-state index < -0.39 is 5.60 Å². The van der Waals surface area contributed by atoms with Crippen molar-refractivity contribution in [3.63, 3.8) is 0 Å².